The van der Waals surface area contributed by atoms with E-state index in [0.717, 1.165) is 35.5 Å². The number of imidazole rings is 2. The molecule has 1 amide bonds. The van der Waals surface area contributed by atoms with Crippen molar-refractivity contribution >= 4 is 16.9 Å². The normalized spacial score (nSPS) is 10.9. The van der Waals surface area contributed by atoms with E-state index < -0.39 is 0 Å². The van der Waals surface area contributed by atoms with Crippen LogP contribution in [-0.2, 0) is 6.42 Å². The molecule has 0 bridgehead atoms. The number of pyridine rings is 1. The Bertz CT molecular complexity index is 971. The number of para-hydroxylation sites is 2. The topological polar surface area (TPSA) is 88.5 Å². The smallest absolute Gasteiger partial charge is 0.252 e. The van der Waals surface area contributed by atoms with E-state index in [4.69, 9.17) is 0 Å². The Morgan fingerprint density at radius 2 is 2.12 bits per heavy atom. The van der Waals surface area contributed by atoms with Crippen LogP contribution in [0.3, 0.4) is 0 Å². The van der Waals surface area contributed by atoms with Gasteiger partial charge in [-0.2, -0.15) is 0 Å². The van der Waals surface area contributed by atoms with Crippen LogP contribution in [-0.4, -0.2) is 37.0 Å². The highest BCUT2D eigenvalue weighted by atomic mass is 16.1. The molecule has 4 rings (SSSR count). The van der Waals surface area contributed by atoms with Gasteiger partial charge in [-0.05, 0) is 30.7 Å². The molecule has 0 unspecified atom stereocenters. The quantitative estimate of drug-likeness (QED) is 0.525. The molecule has 130 valence electrons. The Morgan fingerprint density at radius 3 is 2.88 bits per heavy atom. The molecule has 0 aliphatic rings. The lowest BCUT2D eigenvalue weighted by Crippen LogP contribution is -2.25. The predicted octanol–water partition coefficient (Wildman–Crippen LogP) is 2.51. The molecule has 0 fully saturated rings. The van der Waals surface area contributed by atoms with Gasteiger partial charge in [-0.1, -0.05) is 12.1 Å². The van der Waals surface area contributed by atoms with E-state index in [1.807, 2.05) is 24.3 Å². The van der Waals surface area contributed by atoms with Crippen LogP contribution in [0, 0.1) is 0 Å². The van der Waals surface area contributed by atoms with Gasteiger partial charge in [0.25, 0.3) is 5.91 Å². The van der Waals surface area contributed by atoms with Crippen LogP contribution in [0.25, 0.3) is 16.9 Å². The Morgan fingerprint density at radius 1 is 1.19 bits per heavy atom. The second kappa shape index (κ2) is 7.18. The van der Waals surface area contributed by atoms with Crippen LogP contribution in [0.1, 0.15) is 22.6 Å². The average Bonchev–Trinajstić information content (AvgIpc) is 3.34. The third-order valence-electron chi connectivity index (χ3n) is 4.09. The second-order valence-corrected chi connectivity index (χ2v) is 5.94. The second-order valence-electron chi connectivity index (χ2n) is 5.94. The first-order valence-electron chi connectivity index (χ1n) is 8.46. The summed E-state index contributed by atoms with van der Waals surface area (Å²) in [6.45, 7) is 0.582. The van der Waals surface area contributed by atoms with Crippen LogP contribution in [0.15, 0.2) is 61.3 Å². The summed E-state index contributed by atoms with van der Waals surface area (Å²) in [4.78, 5) is 28.3. The molecule has 3 heterocycles. The minimum Gasteiger partial charge on any atom is -0.352 e. The monoisotopic (exact) mass is 346 g/mol. The zero-order valence-corrected chi connectivity index (χ0v) is 14.1. The maximum absolute atomic E-state index is 12.2. The molecule has 3 aromatic heterocycles. The number of amides is 1. The number of nitrogens with one attached hydrogen (secondary N) is 2. The number of nitrogens with zero attached hydrogens (tertiary/aromatic N) is 4. The van der Waals surface area contributed by atoms with E-state index >= 15 is 0 Å². The first-order valence-corrected chi connectivity index (χ1v) is 8.46. The van der Waals surface area contributed by atoms with Crippen molar-refractivity contribution in [1.82, 2.24) is 29.8 Å². The van der Waals surface area contributed by atoms with Gasteiger partial charge in [-0.15, -0.1) is 0 Å². The fourth-order valence-corrected chi connectivity index (χ4v) is 2.75. The molecule has 7 heteroatoms. The molecule has 0 aliphatic heterocycles. The number of hydrogen-bond acceptors (Lipinski definition) is 4. The third kappa shape index (κ3) is 3.46. The van der Waals surface area contributed by atoms with Crippen molar-refractivity contribution in [2.24, 2.45) is 0 Å². The molecule has 0 spiro atoms. The summed E-state index contributed by atoms with van der Waals surface area (Å²) in [5, 5.41) is 2.92. The number of carbonyl (C=O) groups is 1. The maximum Gasteiger partial charge on any atom is 0.252 e. The molecular weight excluding hydrogens is 328 g/mol. The van der Waals surface area contributed by atoms with E-state index in [9.17, 15) is 4.79 Å². The summed E-state index contributed by atoms with van der Waals surface area (Å²) in [7, 11) is 0. The number of aromatic nitrogens is 5. The van der Waals surface area contributed by atoms with Crippen LogP contribution in [0.4, 0.5) is 0 Å². The highest BCUT2D eigenvalue weighted by Crippen LogP contribution is 2.11. The largest absolute Gasteiger partial charge is 0.352 e. The van der Waals surface area contributed by atoms with Crippen molar-refractivity contribution < 1.29 is 4.79 Å². The third-order valence-corrected chi connectivity index (χ3v) is 4.09. The SMILES string of the molecule is O=C(NCCCc1nc2ccccc2[nH]1)c1ccc(-n2ccnc2)nc1. The van der Waals surface area contributed by atoms with Gasteiger partial charge >= 0.3 is 0 Å². The molecule has 7 nitrogen and oxygen atoms in total. The minimum atomic E-state index is -0.126. The molecule has 0 saturated heterocycles. The summed E-state index contributed by atoms with van der Waals surface area (Å²) in [5.41, 5.74) is 2.55. The Labute approximate surface area is 150 Å². The van der Waals surface area contributed by atoms with Crippen LogP contribution in [0.5, 0.6) is 0 Å². The molecular formula is C19H18N6O. The van der Waals surface area contributed by atoms with Gasteiger partial charge in [0, 0.05) is 31.6 Å². The van der Waals surface area contributed by atoms with Crippen molar-refractivity contribution in [2.75, 3.05) is 6.54 Å². The fourth-order valence-electron chi connectivity index (χ4n) is 2.75. The molecule has 2 N–H and O–H groups in total. The highest BCUT2D eigenvalue weighted by Gasteiger charge is 2.07. The number of carbonyl (C=O) groups excluding carboxylic acids is 1. The number of aryl methyl sites for hydroxylation is 1. The molecule has 1 aromatic carbocycles. The number of hydrogen-bond donors (Lipinski definition) is 2. The molecule has 0 saturated carbocycles. The van der Waals surface area contributed by atoms with Gasteiger partial charge in [0.05, 0.1) is 16.6 Å². The Kier molecular flexibility index (Phi) is 4.42. The number of fused-ring (bicyclic) bond motifs is 1. The predicted molar refractivity (Wildman–Crippen MR) is 98.1 cm³/mol. The summed E-state index contributed by atoms with van der Waals surface area (Å²) in [6, 6.07) is 11.5. The van der Waals surface area contributed by atoms with Gasteiger partial charge < -0.3 is 10.3 Å². The lowest BCUT2D eigenvalue weighted by atomic mass is 10.2. The first-order chi connectivity index (χ1) is 12.8. The van der Waals surface area contributed by atoms with Crippen molar-refractivity contribution in [2.45, 2.75) is 12.8 Å². The van der Waals surface area contributed by atoms with Gasteiger partial charge in [0.15, 0.2) is 0 Å². The van der Waals surface area contributed by atoms with E-state index in [2.05, 4.69) is 25.3 Å². The molecule has 0 radical (unpaired) electrons. The van der Waals surface area contributed by atoms with Crippen LogP contribution >= 0.6 is 0 Å². The standard InChI is InChI=1S/C19H18N6O/c26-19(14-7-8-18(22-12-14)25-11-10-20-13-25)21-9-3-6-17-23-15-4-1-2-5-16(15)24-17/h1-2,4-5,7-8,10-13H,3,6,9H2,(H,21,26)(H,23,24). The van der Waals surface area contributed by atoms with Crippen molar-refractivity contribution in [3.05, 3.63) is 72.7 Å². The van der Waals surface area contributed by atoms with Crippen molar-refractivity contribution in [1.29, 1.82) is 0 Å². The average molecular weight is 346 g/mol. The van der Waals surface area contributed by atoms with Crippen LogP contribution in [0.2, 0.25) is 0 Å². The lowest BCUT2D eigenvalue weighted by molar-refractivity contribution is 0.0953. The lowest BCUT2D eigenvalue weighted by Gasteiger charge is -2.05. The van der Waals surface area contributed by atoms with E-state index in [0.29, 0.717) is 12.1 Å². The van der Waals surface area contributed by atoms with Gasteiger partial charge in [0.1, 0.15) is 18.0 Å². The Balaban J connectivity index is 1.28. The zero-order chi connectivity index (χ0) is 17.8. The number of aromatic amines is 1. The summed E-state index contributed by atoms with van der Waals surface area (Å²) in [6.07, 6.45) is 8.33. The van der Waals surface area contributed by atoms with Crippen LogP contribution < -0.4 is 5.32 Å². The minimum absolute atomic E-state index is 0.126. The van der Waals surface area contributed by atoms with Crippen molar-refractivity contribution in [3.8, 4) is 5.82 Å². The fraction of sp³-hybridized carbons (Fsp3) is 0.158. The number of H-pyrrole nitrogens is 1. The zero-order valence-electron chi connectivity index (χ0n) is 14.1. The van der Waals surface area contributed by atoms with E-state index in [1.165, 1.54) is 0 Å². The first kappa shape index (κ1) is 16.0. The summed E-state index contributed by atoms with van der Waals surface area (Å²) < 4.78 is 1.79. The Hall–Kier alpha value is -3.48. The highest BCUT2D eigenvalue weighted by molar-refractivity contribution is 5.93. The molecule has 0 aliphatic carbocycles. The molecule has 26 heavy (non-hydrogen) atoms. The summed E-state index contributed by atoms with van der Waals surface area (Å²) >= 11 is 0. The number of rotatable bonds is 6. The number of benzene rings is 1. The summed E-state index contributed by atoms with van der Waals surface area (Å²) in [5.74, 6) is 1.54. The molecule has 0 atom stereocenters. The van der Waals surface area contributed by atoms with E-state index in [1.54, 1.807) is 41.6 Å². The van der Waals surface area contributed by atoms with Gasteiger partial charge in [-0.25, -0.2) is 15.0 Å². The van der Waals surface area contributed by atoms with Gasteiger partial charge in [-0.3, -0.25) is 9.36 Å². The molecule has 4 aromatic rings. The van der Waals surface area contributed by atoms with E-state index in [-0.39, 0.29) is 5.91 Å². The van der Waals surface area contributed by atoms with Gasteiger partial charge in [0.2, 0.25) is 0 Å². The maximum atomic E-state index is 12.2. The van der Waals surface area contributed by atoms with Crippen molar-refractivity contribution in [3.63, 3.8) is 0 Å².